The first-order valence-corrected chi connectivity index (χ1v) is 16.3. The minimum atomic E-state index is -1.13. The minimum absolute atomic E-state index is 0.143. The lowest BCUT2D eigenvalue weighted by Crippen LogP contribution is -2.46. The van der Waals surface area contributed by atoms with Crippen molar-refractivity contribution in [3.8, 4) is 11.1 Å². The maximum absolute atomic E-state index is 14.1. The molecule has 4 aromatic rings. The highest BCUT2D eigenvalue weighted by atomic mass is 79.9. The topological polar surface area (TPSA) is 55.8 Å². The fourth-order valence-electron chi connectivity index (χ4n) is 6.94. The van der Waals surface area contributed by atoms with Gasteiger partial charge in [0.25, 0.3) is 0 Å². The van der Waals surface area contributed by atoms with Crippen molar-refractivity contribution in [1.29, 1.82) is 0 Å². The molecule has 1 atom stereocenters. The molecule has 9 heteroatoms. The standard InChI is InChI=1S/C36H23Br2Cl2NO4/c1-44-34(42)32-33(35(43)45-2)41-30-6-4-3-5-23(30)20(9-7-19-8-14-28(39)29(40)15-19)16-31(41)36(32)26-17-21(37)10-12-24(26)25-13-11-22(38)18-27(25)36/h3-18,31H,1-2H3/b9-7+. The van der Waals surface area contributed by atoms with Crippen molar-refractivity contribution in [2.45, 2.75) is 11.5 Å². The predicted octanol–water partition coefficient (Wildman–Crippen LogP) is 9.38. The lowest BCUT2D eigenvalue weighted by atomic mass is 9.67. The Labute approximate surface area is 287 Å². The lowest BCUT2D eigenvalue weighted by Gasteiger charge is -2.41. The molecular formula is C36H23Br2Cl2NO4. The fraction of sp³-hybridized carbons (Fsp3) is 0.111. The van der Waals surface area contributed by atoms with Crippen LogP contribution in [0.4, 0.5) is 5.69 Å². The quantitative estimate of drug-likeness (QED) is 0.194. The number of carbonyl (C=O) groups excluding carboxylic acids is 2. The SMILES string of the molecule is COC(=O)C1=C(C(=O)OC)C2(c3cc(Br)ccc3-c3ccc(Br)cc32)C2C=C(/C=C/c3ccc(Cl)c(Cl)c3)c3ccccc3N12. The van der Waals surface area contributed by atoms with E-state index in [-0.39, 0.29) is 11.3 Å². The summed E-state index contributed by atoms with van der Waals surface area (Å²) in [5.74, 6) is -1.24. The maximum Gasteiger partial charge on any atom is 0.355 e. The maximum atomic E-state index is 14.1. The summed E-state index contributed by atoms with van der Waals surface area (Å²) < 4.78 is 12.5. The zero-order valence-electron chi connectivity index (χ0n) is 23.9. The van der Waals surface area contributed by atoms with Crippen LogP contribution in [0.2, 0.25) is 10.0 Å². The zero-order valence-corrected chi connectivity index (χ0v) is 28.6. The molecule has 45 heavy (non-hydrogen) atoms. The van der Waals surface area contributed by atoms with Gasteiger partial charge in [-0.15, -0.1) is 0 Å². The van der Waals surface area contributed by atoms with E-state index in [4.69, 9.17) is 32.7 Å². The third-order valence-corrected chi connectivity index (χ3v) is 10.4. The van der Waals surface area contributed by atoms with Gasteiger partial charge in [-0.2, -0.15) is 0 Å². The monoisotopic (exact) mass is 761 g/mol. The van der Waals surface area contributed by atoms with Crippen LogP contribution in [-0.2, 0) is 24.5 Å². The van der Waals surface area contributed by atoms with Crippen molar-refractivity contribution in [1.82, 2.24) is 0 Å². The molecule has 3 aliphatic rings. The Hall–Kier alpha value is -3.62. The number of esters is 2. The first-order valence-electron chi connectivity index (χ1n) is 14.0. The average molecular weight is 764 g/mol. The van der Waals surface area contributed by atoms with Crippen molar-refractivity contribution >= 4 is 84.3 Å². The summed E-state index contributed by atoms with van der Waals surface area (Å²) in [5.41, 5.74) is 6.35. The first-order chi connectivity index (χ1) is 21.7. The summed E-state index contributed by atoms with van der Waals surface area (Å²) in [6.45, 7) is 0. The second kappa shape index (κ2) is 11.3. The molecule has 1 spiro atoms. The molecule has 0 saturated carbocycles. The molecule has 0 amide bonds. The molecule has 0 aromatic heterocycles. The Balaban J connectivity index is 1.59. The summed E-state index contributed by atoms with van der Waals surface area (Å²) in [7, 11) is 2.66. The largest absolute Gasteiger partial charge is 0.466 e. The van der Waals surface area contributed by atoms with E-state index >= 15 is 0 Å². The molecule has 1 unspecified atom stereocenters. The van der Waals surface area contributed by atoms with Crippen molar-refractivity contribution < 1.29 is 19.1 Å². The highest BCUT2D eigenvalue weighted by Crippen LogP contribution is 2.63. The average Bonchev–Trinajstić information content (AvgIpc) is 3.50. The van der Waals surface area contributed by atoms with E-state index in [1.165, 1.54) is 14.2 Å². The Bertz CT molecular complexity index is 2000. The number of benzene rings is 4. The molecule has 0 saturated heterocycles. The van der Waals surface area contributed by atoms with Gasteiger partial charge < -0.3 is 14.4 Å². The van der Waals surface area contributed by atoms with Crippen LogP contribution in [0, 0.1) is 0 Å². The number of hydrogen-bond acceptors (Lipinski definition) is 5. The van der Waals surface area contributed by atoms with E-state index in [1.807, 2.05) is 89.8 Å². The normalized spacial score (nSPS) is 17.2. The van der Waals surface area contributed by atoms with Gasteiger partial charge in [0.05, 0.1) is 41.3 Å². The van der Waals surface area contributed by atoms with Gasteiger partial charge in [0.15, 0.2) is 0 Å². The van der Waals surface area contributed by atoms with Crippen molar-refractivity contribution in [2.75, 3.05) is 19.1 Å². The molecule has 7 rings (SSSR count). The van der Waals surface area contributed by atoms with Crippen LogP contribution in [0.15, 0.2) is 111 Å². The van der Waals surface area contributed by atoms with Gasteiger partial charge >= 0.3 is 11.9 Å². The number of rotatable bonds is 4. The molecule has 4 aromatic carbocycles. The lowest BCUT2D eigenvalue weighted by molar-refractivity contribution is -0.139. The Morgan fingerprint density at radius 2 is 1.42 bits per heavy atom. The van der Waals surface area contributed by atoms with Crippen LogP contribution >= 0.6 is 55.1 Å². The molecule has 0 bridgehead atoms. The molecule has 0 radical (unpaired) electrons. The van der Waals surface area contributed by atoms with Gasteiger partial charge in [0.2, 0.25) is 0 Å². The predicted molar refractivity (Wildman–Crippen MR) is 185 cm³/mol. The minimum Gasteiger partial charge on any atom is -0.466 e. The smallest absolute Gasteiger partial charge is 0.355 e. The molecule has 5 nitrogen and oxygen atoms in total. The number of allylic oxidation sites excluding steroid dienone is 2. The number of ether oxygens (including phenoxy) is 2. The Kier molecular flexibility index (Phi) is 7.56. The fourth-order valence-corrected chi connectivity index (χ4v) is 7.97. The molecule has 224 valence electrons. The van der Waals surface area contributed by atoms with Gasteiger partial charge in [-0.25, -0.2) is 9.59 Å². The summed E-state index contributed by atoms with van der Waals surface area (Å²) in [6.07, 6.45) is 6.12. The third kappa shape index (κ3) is 4.47. The van der Waals surface area contributed by atoms with Gasteiger partial charge in [0, 0.05) is 20.2 Å². The van der Waals surface area contributed by atoms with Crippen molar-refractivity contribution in [3.05, 3.63) is 144 Å². The Morgan fingerprint density at radius 3 is 2.04 bits per heavy atom. The second-order valence-electron chi connectivity index (χ2n) is 10.9. The highest BCUT2D eigenvalue weighted by Gasteiger charge is 2.63. The zero-order chi connectivity index (χ0) is 31.6. The number of anilines is 1. The number of para-hydroxylation sites is 1. The van der Waals surface area contributed by atoms with Crippen LogP contribution < -0.4 is 4.90 Å². The number of carbonyl (C=O) groups is 2. The second-order valence-corrected chi connectivity index (χ2v) is 13.5. The summed E-state index contributed by atoms with van der Waals surface area (Å²) >= 11 is 19.9. The van der Waals surface area contributed by atoms with Gasteiger partial charge in [-0.05, 0) is 75.9 Å². The molecule has 0 fully saturated rings. The van der Waals surface area contributed by atoms with Crippen LogP contribution in [-0.4, -0.2) is 32.2 Å². The first kappa shape index (κ1) is 30.1. The van der Waals surface area contributed by atoms with E-state index in [0.717, 1.165) is 53.6 Å². The van der Waals surface area contributed by atoms with Crippen LogP contribution in [0.3, 0.4) is 0 Å². The van der Waals surface area contributed by atoms with Gasteiger partial charge in [-0.1, -0.05) is 110 Å². The number of halogens is 4. The van der Waals surface area contributed by atoms with Gasteiger partial charge in [0.1, 0.15) is 5.70 Å². The number of hydrogen-bond donors (Lipinski definition) is 0. The van der Waals surface area contributed by atoms with Crippen molar-refractivity contribution in [2.24, 2.45) is 0 Å². The highest BCUT2D eigenvalue weighted by molar-refractivity contribution is 9.10. The van der Waals surface area contributed by atoms with Crippen LogP contribution in [0.25, 0.3) is 22.8 Å². The molecule has 2 heterocycles. The van der Waals surface area contributed by atoms with Crippen LogP contribution in [0.1, 0.15) is 22.3 Å². The molecule has 1 aliphatic carbocycles. The third-order valence-electron chi connectivity index (χ3n) is 8.68. The molecule has 2 aliphatic heterocycles. The summed E-state index contributed by atoms with van der Waals surface area (Å²) in [5, 5.41) is 0.940. The summed E-state index contributed by atoms with van der Waals surface area (Å²) in [6, 6.07) is 24.9. The number of fused-ring (bicyclic) bond motifs is 9. The van der Waals surface area contributed by atoms with E-state index in [9.17, 15) is 9.59 Å². The number of nitrogens with zero attached hydrogens (tertiary/aromatic N) is 1. The van der Waals surface area contributed by atoms with E-state index in [0.29, 0.717) is 10.0 Å². The molecule has 0 N–H and O–H groups in total. The van der Waals surface area contributed by atoms with E-state index in [1.54, 1.807) is 6.07 Å². The molecular weight excluding hydrogens is 741 g/mol. The van der Waals surface area contributed by atoms with Gasteiger partial charge in [-0.3, -0.25) is 0 Å². The summed E-state index contributed by atoms with van der Waals surface area (Å²) in [4.78, 5) is 29.9. The van der Waals surface area contributed by atoms with E-state index in [2.05, 4.69) is 37.9 Å². The van der Waals surface area contributed by atoms with Crippen molar-refractivity contribution in [3.63, 3.8) is 0 Å². The van der Waals surface area contributed by atoms with E-state index < -0.39 is 23.4 Å². The number of methoxy groups -OCH3 is 2. The Morgan fingerprint density at radius 1 is 0.778 bits per heavy atom. The van der Waals surface area contributed by atoms with Crippen LogP contribution in [0.5, 0.6) is 0 Å².